The van der Waals surface area contributed by atoms with Gasteiger partial charge in [-0.2, -0.15) is 0 Å². The summed E-state index contributed by atoms with van der Waals surface area (Å²) in [6.45, 7) is 0. The molecule has 4 nitrogen and oxygen atoms in total. The third-order valence-corrected chi connectivity index (χ3v) is 0.553. The molecule has 0 saturated carbocycles. The number of carboxylic acid groups (broad SMARTS) is 2. The average molecular weight is 189 g/mol. The predicted octanol–water partition coefficient (Wildman–Crippen LogP) is 0.0994. The second-order valence-corrected chi connectivity index (χ2v) is 1.34. The molecule has 0 atom stereocenters. The quantitative estimate of drug-likeness (QED) is 0.617. The molecular weight excluding hydrogens is 183 g/mol. The van der Waals surface area contributed by atoms with Gasteiger partial charge >= 0.3 is 11.9 Å². The topological polar surface area (TPSA) is 74.6 Å². The molecule has 0 bridgehead atoms. The van der Waals surface area contributed by atoms with Crippen LogP contribution in [0.15, 0.2) is 12.2 Å². The van der Waals surface area contributed by atoms with Crippen molar-refractivity contribution in [1.29, 1.82) is 0 Å². The van der Waals surface area contributed by atoms with E-state index in [0.717, 1.165) is 12.2 Å². The molecule has 0 aliphatic carbocycles. The van der Waals surface area contributed by atoms with E-state index >= 15 is 0 Å². The molecule has 0 aliphatic rings. The van der Waals surface area contributed by atoms with Crippen molar-refractivity contribution in [2.24, 2.45) is 0 Å². The number of carbonyl (C=O) groups is 2. The van der Waals surface area contributed by atoms with Crippen LogP contribution < -0.4 is 0 Å². The van der Waals surface area contributed by atoms with Crippen LogP contribution in [0, 0.1) is 0 Å². The molecule has 0 amide bonds. The monoisotopic (exact) mass is 189 g/mol. The Kier molecular flexibility index (Phi) is 7.52. The van der Waals surface area contributed by atoms with Gasteiger partial charge in [0.1, 0.15) is 0 Å². The fraction of sp³-hybridized carbons (Fsp3) is 0.200. The van der Waals surface area contributed by atoms with E-state index in [1.165, 1.54) is 0 Å². The van der Waals surface area contributed by atoms with Crippen LogP contribution in [0.3, 0.4) is 0 Å². The van der Waals surface area contributed by atoms with Gasteiger partial charge in [0.05, 0.1) is 6.42 Å². The summed E-state index contributed by atoms with van der Waals surface area (Å²) in [6, 6.07) is 0. The second-order valence-electron chi connectivity index (χ2n) is 1.34. The maximum atomic E-state index is 9.74. The number of hydrogen-bond acceptors (Lipinski definition) is 2. The Bertz CT molecular complexity index is 152. The molecule has 0 saturated heterocycles. The average Bonchev–Trinajstić information content (AvgIpc) is 1.63. The normalized spacial score (nSPS) is 8.80. The van der Waals surface area contributed by atoms with Gasteiger partial charge in [0.15, 0.2) is 0 Å². The van der Waals surface area contributed by atoms with E-state index in [1.54, 1.807) is 0 Å². The number of rotatable bonds is 3. The summed E-state index contributed by atoms with van der Waals surface area (Å²) < 4.78 is 0. The molecule has 1 radical (unpaired) electrons. The molecule has 0 spiro atoms. The molecule has 0 aromatic heterocycles. The van der Waals surface area contributed by atoms with Crippen LogP contribution >= 0.6 is 0 Å². The van der Waals surface area contributed by atoms with E-state index in [-0.39, 0.29) is 23.2 Å². The van der Waals surface area contributed by atoms with Crippen molar-refractivity contribution in [3.05, 3.63) is 12.2 Å². The van der Waals surface area contributed by atoms with Crippen LogP contribution in [-0.2, 0) is 26.4 Å². The summed E-state index contributed by atoms with van der Waals surface area (Å²) >= 11 is 0. The van der Waals surface area contributed by atoms with Gasteiger partial charge in [-0.25, -0.2) is 4.79 Å². The minimum absolute atomic E-state index is 0. The van der Waals surface area contributed by atoms with Gasteiger partial charge in [0.2, 0.25) is 0 Å². The molecule has 0 fully saturated rings. The van der Waals surface area contributed by atoms with Crippen molar-refractivity contribution in [3.63, 3.8) is 0 Å². The third kappa shape index (κ3) is 10.2. The first-order chi connectivity index (χ1) is 4.13. The fourth-order valence-electron chi connectivity index (χ4n) is 0.261. The molecule has 5 heteroatoms. The molecular formula is C5H6CoO4. The Morgan fingerprint density at radius 2 is 1.80 bits per heavy atom. The van der Waals surface area contributed by atoms with E-state index < -0.39 is 11.9 Å². The van der Waals surface area contributed by atoms with Gasteiger partial charge in [0, 0.05) is 22.9 Å². The molecule has 59 valence electrons. The van der Waals surface area contributed by atoms with Gasteiger partial charge in [-0.3, -0.25) is 4.79 Å². The maximum Gasteiger partial charge on any atom is 0.327 e. The summed E-state index contributed by atoms with van der Waals surface area (Å²) in [5.41, 5.74) is 0. The summed E-state index contributed by atoms with van der Waals surface area (Å²) in [5, 5.41) is 15.9. The maximum absolute atomic E-state index is 9.74. The largest absolute Gasteiger partial charge is 0.481 e. The van der Waals surface area contributed by atoms with E-state index in [0.29, 0.717) is 0 Å². The van der Waals surface area contributed by atoms with Gasteiger partial charge < -0.3 is 10.2 Å². The van der Waals surface area contributed by atoms with E-state index in [9.17, 15) is 9.59 Å². The number of aliphatic carboxylic acids is 2. The molecule has 0 unspecified atom stereocenters. The summed E-state index contributed by atoms with van der Waals surface area (Å²) in [4.78, 5) is 19.4. The third-order valence-electron chi connectivity index (χ3n) is 0.553. The Labute approximate surface area is 67.7 Å². The molecule has 0 heterocycles. The minimum Gasteiger partial charge on any atom is -0.481 e. The SMILES string of the molecule is O=C(O)C=CCC(=O)O.[Co]. The predicted molar refractivity (Wildman–Crippen MR) is 29.0 cm³/mol. The van der Waals surface area contributed by atoms with E-state index in [2.05, 4.69) is 0 Å². The minimum atomic E-state index is -1.13. The Morgan fingerprint density at radius 3 is 2.10 bits per heavy atom. The fourth-order valence-corrected chi connectivity index (χ4v) is 0.261. The standard InChI is InChI=1S/C5H6O4.Co/c6-4(7)2-1-3-5(8)9;/h1-2H,3H2,(H,6,7)(H,8,9);. The zero-order valence-electron chi connectivity index (χ0n) is 4.91. The van der Waals surface area contributed by atoms with Crippen LogP contribution in [0.4, 0.5) is 0 Å². The Hall–Kier alpha value is -0.814. The molecule has 10 heavy (non-hydrogen) atoms. The van der Waals surface area contributed by atoms with Crippen LogP contribution in [-0.4, -0.2) is 22.2 Å². The first kappa shape index (κ1) is 11.9. The zero-order chi connectivity index (χ0) is 7.28. The van der Waals surface area contributed by atoms with Crippen molar-refractivity contribution in [2.45, 2.75) is 6.42 Å². The number of hydrogen-bond donors (Lipinski definition) is 2. The van der Waals surface area contributed by atoms with Gasteiger partial charge in [-0.1, -0.05) is 6.08 Å². The van der Waals surface area contributed by atoms with Gasteiger partial charge in [0.25, 0.3) is 0 Å². The first-order valence-corrected chi connectivity index (χ1v) is 2.24. The Balaban J connectivity index is 0. The summed E-state index contributed by atoms with van der Waals surface area (Å²) in [7, 11) is 0. The number of carboxylic acids is 2. The Morgan fingerprint density at radius 1 is 1.30 bits per heavy atom. The molecule has 0 aromatic carbocycles. The molecule has 0 aliphatic heterocycles. The molecule has 2 N–H and O–H groups in total. The second kappa shape index (κ2) is 6.31. The van der Waals surface area contributed by atoms with Crippen LogP contribution in [0.5, 0.6) is 0 Å². The summed E-state index contributed by atoms with van der Waals surface area (Å²) in [5.74, 6) is -2.16. The van der Waals surface area contributed by atoms with Crippen molar-refractivity contribution in [3.8, 4) is 0 Å². The van der Waals surface area contributed by atoms with Gasteiger partial charge in [-0.05, 0) is 0 Å². The van der Waals surface area contributed by atoms with Crippen molar-refractivity contribution >= 4 is 11.9 Å². The van der Waals surface area contributed by atoms with E-state index in [1.807, 2.05) is 0 Å². The smallest absolute Gasteiger partial charge is 0.327 e. The van der Waals surface area contributed by atoms with Crippen LogP contribution in [0.25, 0.3) is 0 Å². The van der Waals surface area contributed by atoms with E-state index in [4.69, 9.17) is 10.2 Å². The molecule has 0 aromatic rings. The zero-order valence-corrected chi connectivity index (χ0v) is 5.95. The van der Waals surface area contributed by atoms with Crippen LogP contribution in [0.1, 0.15) is 6.42 Å². The van der Waals surface area contributed by atoms with Gasteiger partial charge in [-0.15, -0.1) is 0 Å². The molecule has 0 rings (SSSR count). The first-order valence-electron chi connectivity index (χ1n) is 2.24. The summed E-state index contributed by atoms with van der Waals surface area (Å²) in [6.07, 6.45) is 1.63. The van der Waals surface area contributed by atoms with Crippen molar-refractivity contribution < 1.29 is 36.6 Å². The van der Waals surface area contributed by atoms with Crippen LogP contribution in [0.2, 0.25) is 0 Å². The van der Waals surface area contributed by atoms with Crippen molar-refractivity contribution in [2.75, 3.05) is 0 Å². The van der Waals surface area contributed by atoms with Crippen molar-refractivity contribution in [1.82, 2.24) is 0 Å².